The van der Waals surface area contributed by atoms with Crippen LogP contribution in [-0.4, -0.2) is 25.6 Å². The molecule has 0 saturated carbocycles. The zero-order valence-corrected chi connectivity index (χ0v) is 14.4. The van der Waals surface area contributed by atoms with Crippen molar-refractivity contribution in [3.05, 3.63) is 26.6 Å². The summed E-state index contributed by atoms with van der Waals surface area (Å²) in [6, 6.07) is 3.65. The van der Waals surface area contributed by atoms with E-state index in [1.54, 1.807) is 7.11 Å². The predicted molar refractivity (Wildman–Crippen MR) is 83.4 cm³/mol. The van der Waals surface area contributed by atoms with Gasteiger partial charge in [0.2, 0.25) is 5.91 Å². The first-order valence-electron chi connectivity index (χ1n) is 6.02. The van der Waals surface area contributed by atoms with Crippen molar-refractivity contribution in [1.82, 2.24) is 10.6 Å². The average molecular weight is 394 g/mol. The van der Waals surface area contributed by atoms with E-state index in [0.717, 1.165) is 20.3 Å². The molecule has 19 heavy (non-hydrogen) atoms. The van der Waals surface area contributed by atoms with Crippen molar-refractivity contribution < 1.29 is 9.53 Å². The summed E-state index contributed by atoms with van der Waals surface area (Å²) in [4.78, 5) is 11.6. The summed E-state index contributed by atoms with van der Waals surface area (Å²) in [5.41, 5.74) is 0.986. The number of nitrogens with one attached hydrogen (secondary N) is 2. The van der Waals surface area contributed by atoms with Crippen molar-refractivity contribution in [3.8, 4) is 5.75 Å². The van der Waals surface area contributed by atoms with Crippen molar-refractivity contribution in [2.24, 2.45) is 0 Å². The maximum Gasteiger partial charge on any atom is 0.236 e. The van der Waals surface area contributed by atoms with E-state index in [1.807, 2.05) is 26.0 Å². The van der Waals surface area contributed by atoms with Crippen LogP contribution in [0, 0.1) is 0 Å². The van der Waals surface area contributed by atoms with Gasteiger partial charge in [0.25, 0.3) is 0 Å². The second kappa shape index (κ2) is 7.87. The minimum absolute atomic E-state index is 0.00414. The molecule has 1 aromatic carbocycles. The van der Waals surface area contributed by atoms with Crippen molar-refractivity contribution >= 4 is 37.8 Å². The van der Waals surface area contributed by atoms with Crippen LogP contribution in [0.2, 0.25) is 0 Å². The first-order valence-corrected chi connectivity index (χ1v) is 7.61. The quantitative estimate of drug-likeness (QED) is 0.781. The predicted octanol–water partition coefficient (Wildman–Crippen LogP) is 2.83. The largest absolute Gasteiger partial charge is 0.495 e. The molecule has 0 aromatic heterocycles. The highest BCUT2D eigenvalue weighted by molar-refractivity contribution is 9.11. The molecule has 1 rings (SSSR count). The Morgan fingerprint density at radius 1 is 1.42 bits per heavy atom. The summed E-state index contributed by atoms with van der Waals surface area (Å²) in [6.07, 6.45) is 0. The molecule has 1 amide bonds. The van der Waals surface area contributed by atoms with E-state index in [2.05, 4.69) is 42.5 Å². The summed E-state index contributed by atoms with van der Waals surface area (Å²) < 4.78 is 7.21. The lowest BCUT2D eigenvalue weighted by Gasteiger charge is -2.16. The summed E-state index contributed by atoms with van der Waals surface area (Å²) in [5, 5.41) is 5.96. The molecule has 106 valence electrons. The maximum atomic E-state index is 11.6. The zero-order chi connectivity index (χ0) is 14.4. The van der Waals surface area contributed by atoms with E-state index in [-0.39, 0.29) is 11.9 Å². The molecule has 0 aliphatic rings. The Bertz CT molecular complexity index is 453. The van der Waals surface area contributed by atoms with Crippen molar-refractivity contribution in [2.45, 2.75) is 26.4 Å². The Morgan fingerprint density at radius 2 is 2.11 bits per heavy atom. The number of hydrogen-bond acceptors (Lipinski definition) is 3. The van der Waals surface area contributed by atoms with Crippen LogP contribution in [0.3, 0.4) is 0 Å². The molecule has 2 N–H and O–H groups in total. The van der Waals surface area contributed by atoms with Crippen LogP contribution in [0.5, 0.6) is 5.75 Å². The van der Waals surface area contributed by atoms with Gasteiger partial charge in [0, 0.05) is 23.1 Å². The fourth-order valence-corrected chi connectivity index (χ4v) is 3.13. The van der Waals surface area contributed by atoms with E-state index in [0.29, 0.717) is 13.1 Å². The molecular weight excluding hydrogens is 376 g/mol. The van der Waals surface area contributed by atoms with Crippen molar-refractivity contribution in [1.29, 1.82) is 0 Å². The topological polar surface area (TPSA) is 50.4 Å². The van der Waals surface area contributed by atoms with E-state index >= 15 is 0 Å². The lowest BCUT2D eigenvalue weighted by atomic mass is 10.2. The van der Waals surface area contributed by atoms with Gasteiger partial charge in [-0.3, -0.25) is 4.79 Å². The number of carbonyl (C=O) groups excluding carboxylic acids is 1. The summed E-state index contributed by atoms with van der Waals surface area (Å²) in [5.74, 6) is 0.773. The molecular formula is C13H18Br2N2O2. The first-order chi connectivity index (χ1) is 8.99. The molecule has 0 bridgehead atoms. The molecule has 1 aromatic rings. The van der Waals surface area contributed by atoms with Gasteiger partial charge in [-0.2, -0.15) is 0 Å². The standard InChI is InChI=1S/C13H18Br2N2O2/c1-4-16-13(18)8(2)17-7-9-5-10(14)6-11(15)12(9)19-3/h5-6,8,17H,4,7H2,1-3H3,(H,16,18). The first kappa shape index (κ1) is 16.5. The zero-order valence-electron chi connectivity index (χ0n) is 11.2. The van der Waals surface area contributed by atoms with Crippen LogP contribution in [0.1, 0.15) is 19.4 Å². The Hall–Kier alpha value is -0.590. The molecule has 0 fully saturated rings. The van der Waals surface area contributed by atoms with Crippen molar-refractivity contribution in [3.63, 3.8) is 0 Å². The molecule has 0 spiro atoms. The van der Waals surface area contributed by atoms with Gasteiger partial charge in [0.05, 0.1) is 17.6 Å². The molecule has 1 atom stereocenters. The SMILES string of the molecule is CCNC(=O)C(C)NCc1cc(Br)cc(Br)c1OC. The summed E-state index contributed by atoms with van der Waals surface area (Å²) in [7, 11) is 1.63. The number of rotatable bonds is 6. The number of likely N-dealkylation sites (N-methyl/N-ethyl adjacent to an activating group) is 1. The monoisotopic (exact) mass is 392 g/mol. The van der Waals surface area contributed by atoms with Gasteiger partial charge >= 0.3 is 0 Å². The van der Waals surface area contributed by atoms with Crippen LogP contribution in [0.25, 0.3) is 0 Å². The highest BCUT2D eigenvalue weighted by atomic mass is 79.9. The van der Waals surface area contributed by atoms with E-state index in [1.165, 1.54) is 0 Å². The second-order valence-corrected chi connectivity index (χ2v) is 5.85. The van der Waals surface area contributed by atoms with E-state index in [9.17, 15) is 4.79 Å². The van der Waals surface area contributed by atoms with Crippen LogP contribution in [0.15, 0.2) is 21.1 Å². The Balaban J connectivity index is 2.74. The Labute approximate surface area is 130 Å². The van der Waals surface area contributed by atoms with Gasteiger partial charge in [0.1, 0.15) is 5.75 Å². The van der Waals surface area contributed by atoms with Crippen LogP contribution in [0.4, 0.5) is 0 Å². The van der Waals surface area contributed by atoms with Crippen molar-refractivity contribution in [2.75, 3.05) is 13.7 Å². The third-order valence-corrected chi connectivity index (χ3v) is 3.68. The van der Waals surface area contributed by atoms with Gasteiger partial charge in [-0.05, 0) is 41.9 Å². The number of amides is 1. The van der Waals surface area contributed by atoms with Gasteiger partial charge in [-0.15, -0.1) is 0 Å². The number of hydrogen-bond donors (Lipinski definition) is 2. The number of halogens is 2. The third kappa shape index (κ3) is 4.78. The highest BCUT2D eigenvalue weighted by Crippen LogP contribution is 2.32. The Morgan fingerprint density at radius 3 is 2.68 bits per heavy atom. The molecule has 1 unspecified atom stereocenters. The normalized spacial score (nSPS) is 12.1. The smallest absolute Gasteiger partial charge is 0.236 e. The van der Waals surface area contributed by atoms with Gasteiger partial charge in [-0.1, -0.05) is 15.9 Å². The summed E-state index contributed by atoms with van der Waals surface area (Å²) >= 11 is 6.90. The fraction of sp³-hybridized carbons (Fsp3) is 0.462. The second-order valence-electron chi connectivity index (χ2n) is 4.08. The number of methoxy groups -OCH3 is 1. The van der Waals surface area contributed by atoms with Gasteiger partial charge < -0.3 is 15.4 Å². The molecule has 0 aliphatic carbocycles. The number of ether oxygens (including phenoxy) is 1. The van der Waals surface area contributed by atoms with Crippen LogP contribution < -0.4 is 15.4 Å². The average Bonchev–Trinajstić information content (AvgIpc) is 2.35. The molecule has 0 saturated heterocycles. The fourth-order valence-electron chi connectivity index (χ4n) is 1.66. The number of benzene rings is 1. The minimum atomic E-state index is -0.248. The van der Waals surface area contributed by atoms with Gasteiger partial charge in [-0.25, -0.2) is 0 Å². The maximum absolute atomic E-state index is 11.6. The summed E-state index contributed by atoms with van der Waals surface area (Å²) in [6.45, 7) is 4.93. The van der Waals surface area contributed by atoms with E-state index < -0.39 is 0 Å². The van der Waals surface area contributed by atoms with Crippen LogP contribution in [-0.2, 0) is 11.3 Å². The lowest BCUT2D eigenvalue weighted by Crippen LogP contribution is -2.41. The van der Waals surface area contributed by atoms with Gasteiger partial charge in [0.15, 0.2) is 0 Å². The molecule has 0 aliphatic heterocycles. The molecule has 4 nitrogen and oxygen atoms in total. The lowest BCUT2D eigenvalue weighted by molar-refractivity contribution is -0.122. The van der Waals surface area contributed by atoms with E-state index in [4.69, 9.17) is 4.74 Å². The highest BCUT2D eigenvalue weighted by Gasteiger charge is 2.14. The van der Waals surface area contributed by atoms with Crippen LogP contribution >= 0.6 is 31.9 Å². The molecule has 0 heterocycles. The molecule has 6 heteroatoms. The third-order valence-electron chi connectivity index (χ3n) is 2.63. The number of carbonyl (C=O) groups is 1. The Kier molecular flexibility index (Phi) is 6.82. The minimum Gasteiger partial charge on any atom is -0.495 e. The molecule has 0 radical (unpaired) electrons.